The molecule has 186 valence electrons. The molecule has 0 aliphatic rings. The monoisotopic (exact) mass is 548 g/mol. The number of carbonyl (C=O) groups is 3. The number of alkyl halides is 3. The minimum absolute atomic E-state index is 0.0381. The van der Waals surface area contributed by atoms with Gasteiger partial charge in [-0.05, 0) is 31.5 Å². The molecule has 1 aromatic carbocycles. The molecule has 2 aromatic heterocycles. The number of benzene rings is 1. The molecular formula is C21H17ClF4N4O3S2. The fraction of sp³-hybridized carbons (Fsp3) is 0.286. The van der Waals surface area contributed by atoms with Crippen LogP contribution in [0.2, 0.25) is 5.02 Å². The summed E-state index contributed by atoms with van der Waals surface area (Å²) in [6.07, 6.45) is -3.94. The van der Waals surface area contributed by atoms with Gasteiger partial charge in [0.1, 0.15) is 21.7 Å². The van der Waals surface area contributed by atoms with Gasteiger partial charge in [0.25, 0.3) is 5.91 Å². The van der Waals surface area contributed by atoms with E-state index < -0.39 is 54.5 Å². The highest BCUT2D eigenvalue weighted by molar-refractivity contribution is 7.16. The average molecular weight is 549 g/mol. The summed E-state index contributed by atoms with van der Waals surface area (Å²) in [5.74, 6) is -2.86. The van der Waals surface area contributed by atoms with Crippen LogP contribution in [-0.4, -0.2) is 45.8 Å². The molecule has 3 aromatic rings. The molecule has 0 aliphatic heterocycles. The van der Waals surface area contributed by atoms with Crippen LogP contribution in [0.25, 0.3) is 10.6 Å². The largest absolute Gasteiger partial charge is 0.389 e. The zero-order chi connectivity index (χ0) is 25.8. The molecule has 0 fully saturated rings. The highest BCUT2D eigenvalue weighted by atomic mass is 35.5. The Morgan fingerprint density at radius 2 is 1.89 bits per heavy atom. The van der Waals surface area contributed by atoms with Crippen molar-refractivity contribution >= 4 is 51.9 Å². The Kier molecular flexibility index (Phi) is 8.56. The van der Waals surface area contributed by atoms with E-state index in [0.29, 0.717) is 10.6 Å². The highest BCUT2D eigenvalue weighted by Gasteiger charge is 2.33. The second kappa shape index (κ2) is 11.2. The maximum absolute atomic E-state index is 13.6. The van der Waals surface area contributed by atoms with Crippen LogP contribution in [0.3, 0.4) is 0 Å². The Morgan fingerprint density at radius 1 is 1.14 bits per heavy atom. The number of carbonyl (C=O) groups excluding carboxylic acids is 3. The van der Waals surface area contributed by atoms with Crippen LogP contribution in [0.1, 0.15) is 39.2 Å². The summed E-state index contributed by atoms with van der Waals surface area (Å²) < 4.78 is 51.7. The molecule has 0 saturated heterocycles. The third-order valence-electron chi connectivity index (χ3n) is 4.57. The molecule has 3 rings (SSSR count). The summed E-state index contributed by atoms with van der Waals surface area (Å²) in [6, 6.07) is 1.13. The number of hydrogen-bond donors (Lipinski definition) is 2. The number of Topliss-reactive ketones (excluding diaryl/α,β-unsaturated/α-hetero) is 1. The Bertz CT molecular complexity index is 1200. The number of nitrogens with one attached hydrogen (secondary N) is 2. The zero-order valence-corrected chi connectivity index (χ0v) is 20.2. The van der Waals surface area contributed by atoms with E-state index in [-0.39, 0.29) is 14.9 Å². The molecule has 0 unspecified atom stereocenters. The van der Waals surface area contributed by atoms with E-state index in [1.54, 1.807) is 0 Å². The molecule has 2 amide bonds. The van der Waals surface area contributed by atoms with Gasteiger partial charge in [-0.25, -0.2) is 14.4 Å². The molecule has 0 radical (unpaired) electrons. The summed E-state index contributed by atoms with van der Waals surface area (Å²) in [7, 11) is 0. The molecule has 0 spiro atoms. The molecule has 2 N–H and O–H groups in total. The molecule has 14 heteroatoms. The van der Waals surface area contributed by atoms with Gasteiger partial charge in [-0.15, -0.1) is 22.7 Å². The second-order valence-electron chi connectivity index (χ2n) is 7.30. The Balaban J connectivity index is 1.66. The second-order valence-corrected chi connectivity index (χ2v) is 9.66. The van der Waals surface area contributed by atoms with Gasteiger partial charge in [-0.3, -0.25) is 14.4 Å². The van der Waals surface area contributed by atoms with E-state index in [2.05, 4.69) is 20.6 Å². The van der Waals surface area contributed by atoms with Crippen LogP contribution in [0.5, 0.6) is 0 Å². The normalized spacial score (nSPS) is 13.2. The van der Waals surface area contributed by atoms with Gasteiger partial charge in [0.2, 0.25) is 11.7 Å². The molecular weight excluding hydrogens is 532 g/mol. The summed E-state index contributed by atoms with van der Waals surface area (Å²) in [5.41, 5.74) is 0.359. The minimum Gasteiger partial charge on any atom is -0.344 e. The third-order valence-corrected chi connectivity index (χ3v) is 6.62. The summed E-state index contributed by atoms with van der Waals surface area (Å²) >= 11 is 7.71. The lowest BCUT2D eigenvalue weighted by atomic mass is 10.1. The van der Waals surface area contributed by atoms with Gasteiger partial charge in [0, 0.05) is 28.6 Å². The van der Waals surface area contributed by atoms with Gasteiger partial charge in [-0.2, -0.15) is 13.2 Å². The van der Waals surface area contributed by atoms with Crippen LogP contribution < -0.4 is 10.6 Å². The predicted molar refractivity (Wildman–Crippen MR) is 123 cm³/mol. The van der Waals surface area contributed by atoms with Crippen molar-refractivity contribution in [2.75, 3.05) is 0 Å². The maximum atomic E-state index is 13.6. The van der Waals surface area contributed by atoms with Crippen LogP contribution in [-0.2, 0) is 4.79 Å². The van der Waals surface area contributed by atoms with Crippen LogP contribution in [0.15, 0.2) is 36.0 Å². The first-order valence-electron chi connectivity index (χ1n) is 9.97. The van der Waals surface area contributed by atoms with E-state index in [1.165, 1.54) is 36.8 Å². The van der Waals surface area contributed by atoms with Crippen LogP contribution >= 0.6 is 34.3 Å². The predicted octanol–water partition coefficient (Wildman–Crippen LogP) is 4.89. The van der Waals surface area contributed by atoms with E-state index in [1.807, 2.05) is 0 Å². The first-order chi connectivity index (χ1) is 16.4. The number of rotatable bonds is 9. The van der Waals surface area contributed by atoms with Crippen LogP contribution in [0.4, 0.5) is 17.6 Å². The number of amides is 2. The third kappa shape index (κ3) is 7.54. The Labute approximate surface area is 209 Å². The molecule has 35 heavy (non-hydrogen) atoms. The lowest BCUT2D eigenvalue weighted by Crippen LogP contribution is -2.50. The quantitative estimate of drug-likeness (QED) is 0.293. The van der Waals surface area contributed by atoms with E-state index in [9.17, 15) is 31.9 Å². The molecule has 0 bridgehead atoms. The summed E-state index contributed by atoms with van der Waals surface area (Å²) in [5, 5.41) is 6.59. The lowest BCUT2D eigenvalue weighted by Gasteiger charge is -2.20. The van der Waals surface area contributed by atoms with Gasteiger partial charge in [0.05, 0.1) is 12.2 Å². The zero-order valence-electron chi connectivity index (χ0n) is 17.9. The minimum atomic E-state index is -4.53. The first kappa shape index (κ1) is 26.7. The smallest absolute Gasteiger partial charge is 0.344 e. The van der Waals surface area contributed by atoms with Gasteiger partial charge >= 0.3 is 6.18 Å². The molecule has 2 atom stereocenters. The van der Waals surface area contributed by atoms with Crippen molar-refractivity contribution < 1.29 is 31.9 Å². The highest BCUT2D eigenvalue weighted by Crippen LogP contribution is 2.28. The van der Waals surface area contributed by atoms with Crippen molar-refractivity contribution in [3.8, 4) is 10.6 Å². The maximum Gasteiger partial charge on any atom is 0.389 e. The molecule has 0 aliphatic carbocycles. The van der Waals surface area contributed by atoms with Crippen molar-refractivity contribution in [1.82, 2.24) is 20.6 Å². The van der Waals surface area contributed by atoms with Crippen molar-refractivity contribution in [3.63, 3.8) is 0 Å². The number of nitrogens with zero attached hydrogens (tertiary/aromatic N) is 2. The lowest BCUT2D eigenvalue weighted by molar-refractivity contribution is -0.137. The first-order valence-corrected chi connectivity index (χ1v) is 12.0. The fourth-order valence-electron chi connectivity index (χ4n) is 2.89. The summed E-state index contributed by atoms with van der Waals surface area (Å²) in [6.45, 7) is 1.32. The van der Waals surface area contributed by atoms with Gasteiger partial charge in [-0.1, -0.05) is 11.6 Å². The Hall–Kier alpha value is -2.90. The number of hydrogen-bond acceptors (Lipinski definition) is 7. The average Bonchev–Trinajstić information content (AvgIpc) is 3.47. The van der Waals surface area contributed by atoms with Crippen molar-refractivity contribution in [3.05, 3.63) is 56.7 Å². The Morgan fingerprint density at radius 3 is 2.51 bits per heavy atom. The van der Waals surface area contributed by atoms with Gasteiger partial charge < -0.3 is 10.6 Å². The molecule has 0 saturated carbocycles. The van der Waals surface area contributed by atoms with Crippen molar-refractivity contribution in [2.24, 2.45) is 0 Å². The fourth-order valence-corrected chi connectivity index (χ4v) is 4.55. The summed E-state index contributed by atoms with van der Waals surface area (Å²) in [4.78, 5) is 45.6. The number of ketones is 1. The van der Waals surface area contributed by atoms with E-state index >= 15 is 0 Å². The topological polar surface area (TPSA) is 101 Å². The van der Waals surface area contributed by atoms with E-state index in [4.69, 9.17) is 11.6 Å². The number of halogens is 5. The van der Waals surface area contributed by atoms with Crippen molar-refractivity contribution in [2.45, 2.75) is 38.0 Å². The van der Waals surface area contributed by atoms with Gasteiger partial charge in [0.15, 0.2) is 5.01 Å². The molecule has 7 nitrogen and oxygen atoms in total. The van der Waals surface area contributed by atoms with E-state index in [0.717, 1.165) is 28.7 Å². The van der Waals surface area contributed by atoms with Crippen LogP contribution in [0, 0.1) is 5.82 Å². The number of thiazole rings is 2. The molecule has 2 heterocycles. The number of aromatic nitrogens is 2. The standard InChI is InChI=1S/C21H17ClF4N4O3S2/c1-10(17(32)30-14(2-3-21(24,25)26)16(31)20-27-4-5-34-20)29-18(33)15-9-28-19(35-15)11-6-12(22)8-13(23)7-11/h4-10,14H,2-3H2,1H3,(H,29,33)(H,30,32)/t10-,14-/m0/s1. The van der Waals surface area contributed by atoms with Crippen molar-refractivity contribution in [1.29, 1.82) is 0 Å². The SMILES string of the molecule is C[C@H](NC(=O)c1cnc(-c2cc(F)cc(Cl)c2)s1)C(=O)N[C@@H](CCC(F)(F)F)C(=O)c1nccs1.